The van der Waals surface area contributed by atoms with E-state index in [1.165, 1.54) is 16.8 Å². The average Bonchev–Trinajstić information content (AvgIpc) is 3.14. The van der Waals surface area contributed by atoms with Crippen LogP contribution in [0, 0.1) is 0 Å². The van der Waals surface area contributed by atoms with Crippen LogP contribution in [0.1, 0.15) is 26.7 Å². The van der Waals surface area contributed by atoms with Gasteiger partial charge in [-0.3, -0.25) is 19.3 Å². The van der Waals surface area contributed by atoms with Crippen molar-refractivity contribution in [1.82, 2.24) is 19.6 Å². The maximum Gasteiger partial charge on any atom is 0.245 e. The molecule has 1 heterocycles. The number of hydrogen-bond acceptors (Lipinski definition) is 6. The van der Waals surface area contributed by atoms with E-state index in [1.807, 2.05) is 25.9 Å². The van der Waals surface area contributed by atoms with Crippen LogP contribution in [0.15, 0.2) is 0 Å². The fourth-order valence-corrected chi connectivity index (χ4v) is 3.39. The summed E-state index contributed by atoms with van der Waals surface area (Å²) in [4.78, 5) is 55.5. The molecule has 9 heteroatoms. The van der Waals surface area contributed by atoms with Crippen molar-refractivity contribution >= 4 is 36.6 Å². The Labute approximate surface area is 167 Å². The van der Waals surface area contributed by atoms with Crippen LogP contribution in [0.25, 0.3) is 0 Å². The van der Waals surface area contributed by atoms with Crippen LogP contribution < -0.4 is 0 Å². The number of hydrogen-bond donors (Lipinski definition) is 1. The van der Waals surface area contributed by atoms with Crippen LogP contribution in [-0.4, -0.2) is 108 Å². The summed E-state index contributed by atoms with van der Waals surface area (Å²) in [5, 5.41) is 0. The Morgan fingerprint density at radius 3 is 2.19 bits per heavy atom. The van der Waals surface area contributed by atoms with Gasteiger partial charge in [0.25, 0.3) is 0 Å². The summed E-state index contributed by atoms with van der Waals surface area (Å²) in [6.07, 6.45) is 2.00. The van der Waals surface area contributed by atoms with Crippen LogP contribution in [0.3, 0.4) is 0 Å². The number of likely N-dealkylation sites (tertiary alicyclic amines) is 1. The topological polar surface area (TPSA) is 81.2 Å². The number of aldehydes is 1. The van der Waals surface area contributed by atoms with Gasteiger partial charge in [0.1, 0.15) is 18.4 Å². The summed E-state index contributed by atoms with van der Waals surface area (Å²) in [5.41, 5.74) is 0. The van der Waals surface area contributed by atoms with E-state index in [-0.39, 0.29) is 29.5 Å². The largest absolute Gasteiger partial charge is 0.333 e. The van der Waals surface area contributed by atoms with Gasteiger partial charge in [-0.05, 0) is 40.8 Å². The van der Waals surface area contributed by atoms with E-state index in [1.54, 1.807) is 18.9 Å². The Bertz CT molecular complexity index is 572. The van der Waals surface area contributed by atoms with Gasteiger partial charge in [-0.25, -0.2) is 0 Å². The van der Waals surface area contributed by atoms with Crippen molar-refractivity contribution in [2.45, 2.75) is 50.9 Å². The van der Waals surface area contributed by atoms with Gasteiger partial charge >= 0.3 is 0 Å². The van der Waals surface area contributed by atoms with Gasteiger partial charge < -0.3 is 19.5 Å². The van der Waals surface area contributed by atoms with Crippen LogP contribution in [0.2, 0.25) is 0 Å². The quantitative estimate of drug-likeness (QED) is 0.448. The fourth-order valence-electron chi connectivity index (χ4n) is 3.05. The molecule has 4 atom stereocenters. The first-order chi connectivity index (χ1) is 12.6. The number of rotatable bonds is 8. The molecule has 0 aliphatic carbocycles. The van der Waals surface area contributed by atoms with E-state index in [0.717, 1.165) is 6.42 Å². The SMILES string of the molecule is CC(C(=O)N1CCCC1C(=O)N(C)C(C)C(=O)N(C)C(C=O)CS)N(C)C. The number of thiol groups is 1. The first kappa shape index (κ1) is 23.4. The summed E-state index contributed by atoms with van der Waals surface area (Å²) in [5.74, 6) is -0.468. The van der Waals surface area contributed by atoms with Crippen LogP contribution in [-0.2, 0) is 19.2 Å². The maximum absolute atomic E-state index is 13.0. The average molecular weight is 401 g/mol. The molecular weight excluding hydrogens is 368 g/mol. The Balaban J connectivity index is 2.88. The second kappa shape index (κ2) is 10.1. The zero-order valence-corrected chi connectivity index (χ0v) is 18.0. The highest BCUT2D eigenvalue weighted by Crippen LogP contribution is 2.22. The monoisotopic (exact) mass is 400 g/mol. The molecule has 3 amide bonds. The molecule has 1 aliphatic rings. The number of carbonyl (C=O) groups is 4. The standard InChI is InChI=1S/C18H32N4O4S/c1-12(19(3)4)17(25)22-9-7-8-15(22)18(26)20(5)13(2)16(24)21(6)14(10-23)11-27/h10,12-15,27H,7-9,11H2,1-6H3. The highest BCUT2D eigenvalue weighted by atomic mass is 32.1. The first-order valence-electron chi connectivity index (χ1n) is 9.14. The van der Waals surface area contributed by atoms with Crippen molar-refractivity contribution in [3.05, 3.63) is 0 Å². The number of likely N-dealkylation sites (N-methyl/N-ethyl adjacent to an activating group) is 3. The fraction of sp³-hybridized carbons (Fsp3) is 0.778. The van der Waals surface area contributed by atoms with E-state index in [2.05, 4.69) is 12.6 Å². The Kier molecular flexibility index (Phi) is 8.74. The summed E-state index contributed by atoms with van der Waals surface area (Å²) in [7, 11) is 6.73. The molecule has 154 valence electrons. The van der Waals surface area contributed by atoms with Crippen LogP contribution in [0.4, 0.5) is 0 Å². The van der Waals surface area contributed by atoms with Crippen LogP contribution in [0.5, 0.6) is 0 Å². The Hall–Kier alpha value is -1.61. The molecule has 0 saturated carbocycles. The predicted octanol–water partition coefficient (Wildman–Crippen LogP) is -0.270. The third-order valence-electron chi connectivity index (χ3n) is 5.43. The van der Waals surface area contributed by atoms with Crippen molar-refractivity contribution in [2.24, 2.45) is 0 Å². The second-order valence-corrected chi connectivity index (χ2v) is 7.65. The van der Waals surface area contributed by atoms with E-state index >= 15 is 0 Å². The molecule has 0 aromatic heterocycles. The number of carbonyl (C=O) groups excluding carboxylic acids is 4. The molecular formula is C18H32N4O4S. The zero-order valence-electron chi connectivity index (χ0n) is 17.1. The Morgan fingerprint density at radius 2 is 1.70 bits per heavy atom. The molecule has 27 heavy (non-hydrogen) atoms. The third-order valence-corrected chi connectivity index (χ3v) is 5.80. The zero-order chi connectivity index (χ0) is 20.9. The van der Waals surface area contributed by atoms with E-state index < -0.39 is 18.1 Å². The summed E-state index contributed by atoms with van der Waals surface area (Å²) in [6, 6.07) is -2.26. The lowest BCUT2D eigenvalue weighted by Gasteiger charge is -2.35. The van der Waals surface area contributed by atoms with Gasteiger partial charge in [0.05, 0.1) is 12.1 Å². The minimum absolute atomic E-state index is 0.0866. The molecule has 0 N–H and O–H groups in total. The van der Waals surface area contributed by atoms with Crippen molar-refractivity contribution in [1.29, 1.82) is 0 Å². The molecule has 0 aromatic carbocycles. The number of amides is 3. The van der Waals surface area contributed by atoms with Crippen molar-refractivity contribution in [3.63, 3.8) is 0 Å². The number of nitrogens with zero attached hydrogens (tertiary/aromatic N) is 4. The lowest BCUT2D eigenvalue weighted by molar-refractivity contribution is -0.150. The summed E-state index contributed by atoms with van der Waals surface area (Å²) >= 11 is 4.08. The Morgan fingerprint density at radius 1 is 1.11 bits per heavy atom. The summed E-state index contributed by atoms with van der Waals surface area (Å²) < 4.78 is 0. The molecule has 4 unspecified atom stereocenters. The van der Waals surface area contributed by atoms with Crippen LogP contribution >= 0.6 is 12.6 Å². The predicted molar refractivity (Wildman–Crippen MR) is 107 cm³/mol. The minimum Gasteiger partial charge on any atom is -0.333 e. The van der Waals surface area contributed by atoms with Crippen molar-refractivity contribution in [3.8, 4) is 0 Å². The van der Waals surface area contributed by atoms with Gasteiger partial charge in [0, 0.05) is 26.4 Å². The molecule has 1 saturated heterocycles. The molecule has 0 radical (unpaired) electrons. The van der Waals surface area contributed by atoms with E-state index in [0.29, 0.717) is 19.3 Å². The van der Waals surface area contributed by atoms with Crippen molar-refractivity contribution in [2.75, 3.05) is 40.5 Å². The second-order valence-electron chi connectivity index (χ2n) is 7.29. The van der Waals surface area contributed by atoms with Gasteiger partial charge in [-0.15, -0.1) is 0 Å². The van der Waals surface area contributed by atoms with Gasteiger partial charge in [-0.1, -0.05) is 0 Å². The maximum atomic E-state index is 13.0. The highest BCUT2D eigenvalue weighted by molar-refractivity contribution is 7.80. The lowest BCUT2D eigenvalue weighted by atomic mass is 10.1. The molecule has 0 bridgehead atoms. The van der Waals surface area contributed by atoms with Gasteiger partial charge in [0.2, 0.25) is 17.7 Å². The molecule has 0 spiro atoms. The first-order valence-corrected chi connectivity index (χ1v) is 9.78. The van der Waals surface area contributed by atoms with E-state index in [9.17, 15) is 19.2 Å². The minimum atomic E-state index is -0.742. The van der Waals surface area contributed by atoms with E-state index in [4.69, 9.17) is 0 Å². The third kappa shape index (κ3) is 5.22. The molecule has 1 fully saturated rings. The van der Waals surface area contributed by atoms with Crippen molar-refractivity contribution < 1.29 is 19.2 Å². The van der Waals surface area contributed by atoms with Gasteiger partial charge in [-0.2, -0.15) is 12.6 Å². The molecule has 0 aromatic rings. The molecule has 1 rings (SSSR count). The molecule has 1 aliphatic heterocycles. The molecule has 8 nitrogen and oxygen atoms in total. The highest BCUT2D eigenvalue weighted by Gasteiger charge is 2.40. The smallest absolute Gasteiger partial charge is 0.245 e. The lowest BCUT2D eigenvalue weighted by Crippen LogP contribution is -2.56. The normalized spacial score (nSPS) is 20.1. The van der Waals surface area contributed by atoms with Gasteiger partial charge in [0.15, 0.2) is 0 Å². The summed E-state index contributed by atoms with van der Waals surface area (Å²) in [6.45, 7) is 3.97.